The molecule has 0 amide bonds. The second kappa shape index (κ2) is 29.9. The van der Waals surface area contributed by atoms with E-state index in [4.69, 9.17) is 38.6 Å². The van der Waals surface area contributed by atoms with Gasteiger partial charge >= 0.3 is 0 Å². The maximum Gasteiger partial charge on any atom is 0.0844 e. The van der Waals surface area contributed by atoms with Crippen molar-refractivity contribution in [1.29, 1.82) is 0 Å². The van der Waals surface area contributed by atoms with Crippen LogP contribution in [0, 0.1) is 0 Å². The number of rotatable bonds is 34. The molecule has 1 atom stereocenters. The summed E-state index contributed by atoms with van der Waals surface area (Å²) in [6, 6.07) is 36.2. The van der Waals surface area contributed by atoms with Crippen molar-refractivity contribution < 1.29 is 48.8 Å². The van der Waals surface area contributed by atoms with Crippen LogP contribution < -0.4 is 19.6 Å². The summed E-state index contributed by atoms with van der Waals surface area (Å²) in [6.07, 6.45) is 0. The van der Waals surface area contributed by atoms with Crippen LogP contribution in [0.5, 0.6) is 0 Å². The molecular weight excluding hydrogens is 781 g/mol. The molecule has 0 aliphatic rings. The van der Waals surface area contributed by atoms with Gasteiger partial charge < -0.3 is 68.4 Å². The molecule has 61 heavy (non-hydrogen) atoms. The lowest BCUT2D eigenvalue weighted by Crippen LogP contribution is -2.32. The predicted molar refractivity (Wildman–Crippen MR) is 242 cm³/mol. The van der Waals surface area contributed by atoms with E-state index in [1.807, 2.05) is 20.2 Å². The lowest BCUT2D eigenvalue weighted by molar-refractivity contribution is 0.0347. The Bertz CT molecular complexity index is 1670. The Morgan fingerprint density at radius 1 is 0.361 bits per heavy atom. The highest BCUT2D eigenvalue weighted by Gasteiger charge is 2.26. The Morgan fingerprint density at radius 3 is 1.05 bits per heavy atom. The minimum atomic E-state index is -0.202. The summed E-state index contributed by atoms with van der Waals surface area (Å²) in [7, 11) is 4.09. The first-order chi connectivity index (χ1) is 30.0. The van der Waals surface area contributed by atoms with E-state index in [2.05, 4.69) is 117 Å². The average Bonchev–Trinajstić information content (AvgIpc) is 3.29. The lowest BCUT2D eigenvalue weighted by atomic mass is 9.94. The summed E-state index contributed by atoms with van der Waals surface area (Å²) >= 11 is 0. The van der Waals surface area contributed by atoms with Gasteiger partial charge in [0.25, 0.3) is 0 Å². The van der Waals surface area contributed by atoms with Crippen LogP contribution in [0.4, 0.5) is 28.4 Å². The molecule has 0 aromatic heterocycles. The molecule has 4 N–H and O–H groups in total. The number of hydrogen-bond donors (Lipinski definition) is 4. The van der Waals surface area contributed by atoms with Crippen LogP contribution in [0.1, 0.15) is 17.2 Å². The molecule has 0 heterocycles. The van der Waals surface area contributed by atoms with E-state index in [1.165, 1.54) is 0 Å². The molecule has 0 aliphatic heterocycles. The maximum absolute atomic E-state index is 9.27. The topological polar surface area (TPSA) is 149 Å². The monoisotopic (exact) mass is 848 g/mol. The van der Waals surface area contributed by atoms with Crippen molar-refractivity contribution in [1.82, 2.24) is 0 Å². The molecule has 336 valence electrons. The summed E-state index contributed by atoms with van der Waals surface area (Å²) in [6.45, 7) is 7.18. The molecule has 0 aliphatic carbocycles. The highest BCUT2D eigenvalue weighted by atomic mass is 16.5. The summed E-state index contributed by atoms with van der Waals surface area (Å²) in [5.41, 5.74) is 7.43. The van der Waals surface area contributed by atoms with Crippen molar-refractivity contribution >= 4 is 28.4 Å². The Hall–Kier alpha value is -4.32. The van der Waals surface area contributed by atoms with Gasteiger partial charge in [0.2, 0.25) is 0 Å². The summed E-state index contributed by atoms with van der Waals surface area (Å²) < 4.78 is 33.7. The van der Waals surface area contributed by atoms with Crippen LogP contribution in [-0.4, -0.2) is 166 Å². The molecule has 0 bridgehead atoms. The Kier molecular flexibility index (Phi) is 24.1. The highest BCUT2D eigenvalue weighted by Crippen LogP contribution is 2.40. The van der Waals surface area contributed by atoms with Crippen molar-refractivity contribution in [3.63, 3.8) is 0 Å². The highest BCUT2D eigenvalue weighted by molar-refractivity contribution is 5.70. The van der Waals surface area contributed by atoms with Crippen molar-refractivity contribution in [2.75, 3.05) is 166 Å². The van der Waals surface area contributed by atoms with Crippen LogP contribution in [0.2, 0.25) is 0 Å². The van der Waals surface area contributed by atoms with Crippen LogP contribution in [0.25, 0.3) is 0 Å². The molecule has 4 aromatic carbocycles. The number of hydrogen-bond acceptors (Lipinski definition) is 14. The fourth-order valence-electron chi connectivity index (χ4n) is 6.72. The zero-order chi connectivity index (χ0) is 43.3. The zero-order valence-corrected chi connectivity index (χ0v) is 36.1. The van der Waals surface area contributed by atoms with Crippen molar-refractivity contribution in [2.24, 2.45) is 0 Å². The van der Waals surface area contributed by atoms with Gasteiger partial charge in [-0.15, -0.1) is 0 Å². The second-order valence-electron chi connectivity index (χ2n) is 14.2. The minimum Gasteiger partial charge on any atom is -0.394 e. The third-order valence-electron chi connectivity index (χ3n) is 9.79. The zero-order valence-electron chi connectivity index (χ0n) is 36.1. The lowest BCUT2D eigenvalue weighted by Gasteiger charge is -2.36. The number of ether oxygens (including phenoxy) is 6. The van der Waals surface area contributed by atoms with Crippen LogP contribution in [0.15, 0.2) is 103 Å². The molecule has 0 saturated carbocycles. The normalized spacial score (nSPS) is 11.8. The van der Waals surface area contributed by atoms with E-state index >= 15 is 0 Å². The predicted octanol–water partition coefficient (Wildman–Crippen LogP) is 4.36. The second-order valence-corrected chi connectivity index (χ2v) is 14.2. The Labute approximate surface area is 362 Å². The van der Waals surface area contributed by atoms with E-state index in [0.29, 0.717) is 92.2 Å². The Balaban J connectivity index is 1.66. The fourth-order valence-corrected chi connectivity index (χ4v) is 6.72. The smallest absolute Gasteiger partial charge is 0.0844 e. The van der Waals surface area contributed by atoms with Gasteiger partial charge in [0.15, 0.2) is 0 Å². The fraction of sp³-hybridized carbons (Fsp3) is 0.489. The molecule has 1 unspecified atom stereocenters. The third kappa shape index (κ3) is 17.5. The maximum atomic E-state index is 9.27. The van der Waals surface area contributed by atoms with Gasteiger partial charge in [-0.05, 0) is 71.8 Å². The van der Waals surface area contributed by atoms with Gasteiger partial charge in [0, 0.05) is 68.7 Å². The van der Waals surface area contributed by atoms with Gasteiger partial charge in [0.05, 0.1) is 112 Å². The molecule has 4 aromatic rings. The number of anilines is 5. The molecule has 14 heteroatoms. The standard InChI is InChI=1S/C47H68N4O10/c1-48(2)42-12-8-40(9-13-42)47(41-10-14-43(15-11-41)49(20-28-56-32-24-52)22-30-58-36-38-60-34-26-54)51(45-6-4-3-5-7-45)46-18-16-44(17-19-46)50(21-29-57-33-25-53)23-31-59-37-39-61-35-27-55/h3-19,47,52-55H,20-39H2,1-2H3. The molecule has 14 nitrogen and oxygen atoms in total. The molecule has 0 spiro atoms. The van der Waals surface area contributed by atoms with Crippen molar-refractivity contribution in [2.45, 2.75) is 6.04 Å². The quantitative estimate of drug-likeness (QED) is 0.0494. The SMILES string of the molecule is CN(C)c1ccc(C(c2ccc(N(CCOCCO)CCOCCOCCO)cc2)N(c2ccccc2)c2ccc(N(CCOCCO)CCOCCOCCO)cc2)cc1. The molecule has 4 rings (SSSR count). The number of aliphatic hydroxyl groups is 4. The summed E-state index contributed by atoms with van der Waals surface area (Å²) in [5.74, 6) is 0. The van der Waals surface area contributed by atoms with E-state index < -0.39 is 0 Å². The third-order valence-corrected chi connectivity index (χ3v) is 9.79. The van der Waals surface area contributed by atoms with Crippen molar-refractivity contribution in [3.8, 4) is 0 Å². The molecule has 0 saturated heterocycles. The molecule has 0 radical (unpaired) electrons. The average molecular weight is 849 g/mol. The largest absolute Gasteiger partial charge is 0.394 e. The van der Waals surface area contributed by atoms with Gasteiger partial charge in [0.1, 0.15) is 0 Å². The van der Waals surface area contributed by atoms with E-state index in [9.17, 15) is 10.2 Å². The number of para-hydroxylation sites is 1. The van der Waals surface area contributed by atoms with Crippen molar-refractivity contribution in [3.05, 3.63) is 114 Å². The number of nitrogens with zero attached hydrogens (tertiary/aromatic N) is 4. The van der Waals surface area contributed by atoms with Crippen LogP contribution in [0.3, 0.4) is 0 Å². The van der Waals surface area contributed by atoms with E-state index in [-0.39, 0.29) is 45.7 Å². The van der Waals surface area contributed by atoms with Gasteiger partial charge in [-0.3, -0.25) is 0 Å². The van der Waals surface area contributed by atoms with Gasteiger partial charge in [-0.25, -0.2) is 0 Å². The molecular formula is C47H68N4O10. The number of aliphatic hydroxyl groups excluding tert-OH is 4. The summed E-state index contributed by atoms with van der Waals surface area (Å²) in [5, 5.41) is 36.5. The van der Waals surface area contributed by atoms with Crippen LogP contribution >= 0.6 is 0 Å². The van der Waals surface area contributed by atoms with Gasteiger partial charge in [-0.2, -0.15) is 0 Å². The van der Waals surface area contributed by atoms with E-state index in [1.54, 1.807) is 0 Å². The van der Waals surface area contributed by atoms with E-state index in [0.717, 1.165) is 39.6 Å². The van der Waals surface area contributed by atoms with Gasteiger partial charge in [-0.1, -0.05) is 42.5 Å². The first kappa shape index (κ1) is 49.3. The van der Waals surface area contributed by atoms with Crippen LogP contribution in [-0.2, 0) is 28.4 Å². The molecule has 0 fully saturated rings. The first-order valence-electron chi connectivity index (χ1n) is 21.2. The minimum absolute atomic E-state index is 0.0146. The summed E-state index contributed by atoms with van der Waals surface area (Å²) in [4.78, 5) is 8.92. The Morgan fingerprint density at radius 2 is 0.672 bits per heavy atom. The number of benzene rings is 4. The first-order valence-corrected chi connectivity index (χ1v) is 21.2.